The van der Waals surface area contributed by atoms with Crippen molar-refractivity contribution in [2.24, 2.45) is 7.05 Å². The number of nitrogens with one attached hydrogen (secondary N) is 1. The van der Waals surface area contributed by atoms with Gasteiger partial charge in [-0.05, 0) is 46.6 Å². The van der Waals surface area contributed by atoms with E-state index in [0.717, 1.165) is 35.9 Å². The smallest absolute Gasteiger partial charge is 0.130 e. The van der Waals surface area contributed by atoms with Crippen molar-refractivity contribution in [1.82, 2.24) is 15.1 Å². The molecule has 0 aromatic carbocycles. The standard InChI is InChI=1S/C14H24ClN3O/c1-10-11(13(15)18(4)17-10)9-12(16-3)14(2)7-5-6-8-19-14/h12,16H,5-9H2,1-4H3. The van der Waals surface area contributed by atoms with Crippen LogP contribution in [0.15, 0.2) is 0 Å². The third-order valence-corrected chi connectivity index (χ3v) is 4.74. The van der Waals surface area contributed by atoms with Crippen LogP contribution in [-0.4, -0.2) is 35.1 Å². The van der Waals surface area contributed by atoms with Crippen LogP contribution in [0.5, 0.6) is 0 Å². The van der Waals surface area contributed by atoms with E-state index in [2.05, 4.69) is 17.3 Å². The Balaban J connectivity index is 2.18. The van der Waals surface area contributed by atoms with Crippen LogP contribution in [0, 0.1) is 6.92 Å². The van der Waals surface area contributed by atoms with Crippen molar-refractivity contribution in [3.8, 4) is 0 Å². The molecule has 5 heteroatoms. The molecule has 2 rings (SSSR count). The first-order valence-electron chi connectivity index (χ1n) is 6.97. The molecule has 1 saturated heterocycles. The fourth-order valence-corrected chi connectivity index (χ4v) is 3.22. The van der Waals surface area contributed by atoms with Crippen LogP contribution in [0.4, 0.5) is 0 Å². The zero-order valence-corrected chi connectivity index (χ0v) is 13.0. The van der Waals surface area contributed by atoms with E-state index < -0.39 is 0 Å². The molecule has 1 aliphatic heterocycles. The molecule has 0 radical (unpaired) electrons. The van der Waals surface area contributed by atoms with Crippen molar-refractivity contribution in [2.75, 3.05) is 13.7 Å². The number of aryl methyl sites for hydroxylation is 2. The van der Waals surface area contributed by atoms with Gasteiger partial charge in [0.1, 0.15) is 5.15 Å². The Labute approximate surface area is 120 Å². The summed E-state index contributed by atoms with van der Waals surface area (Å²) in [7, 11) is 3.87. The molecule has 2 heterocycles. The summed E-state index contributed by atoms with van der Waals surface area (Å²) in [5.41, 5.74) is 2.02. The van der Waals surface area contributed by atoms with E-state index in [1.165, 1.54) is 12.8 Å². The van der Waals surface area contributed by atoms with Gasteiger partial charge in [-0.1, -0.05) is 11.6 Å². The second-order valence-electron chi connectivity index (χ2n) is 5.64. The zero-order valence-electron chi connectivity index (χ0n) is 12.3. The summed E-state index contributed by atoms with van der Waals surface area (Å²) >= 11 is 6.33. The molecule has 2 unspecified atom stereocenters. The Kier molecular flexibility index (Phi) is 4.54. The number of nitrogens with zero attached hydrogens (tertiary/aromatic N) is 2. The van der Waals surface area contributed by atoms with Gasteiger partial charge in [-0.3, -0.25) is 4.68 Å². The molecule has 0 bridgehead atoms. The minimum Gasteiger partial charge on any atom is -0.374 e. The summed E-state index contributed by atoms with van der Waals surface area (Å²) < 4.78 is 7.78. The lowest BCUT2D eigenvalue weighted by Gasteiger charge is -2.40. The number of aromatic nitrogens is 2. The van der Waals surface area contributed by atoms with E-state index >= 15 is 0 Å². The molecule has 0 spiro atoms. The average Bonchev–Trinajstić information content (AvgIpc) is 2.62. The van der Waals surface area contributed by atoms with Crippen molar-refractivity contribution < 1.29 is 4.74 Å². The largest absolute Gasteiger partial charge is 0.374 e. The van der Waals surface area contributed by atoms with Gasteiger partial charge in [-0.25, -0.2) is 0 Å². The Morgan fingerprint density at radius 1 is 1.53 bits per heavy atom. The highest BCUT2D eigenvalue weighted by molar-refractivity contribution is 6.30. The van der Waals surface area contributed by atoms with E-state index in [0.29, 0.717) is 0 Å². The second-order valence-corrected chi connectivity index (χ2v) is 6.00. The average molecular weight is 286 g/mol. The van der Waals surface area contributed by atoms with Crippen LogP contribution in [0.1, 0.15) is 37.4 Å². The van der Waals surface area contributed by atoms with Gasteiger partial charge in [-0.15, -0.1) is 0 Å². The van der Waals surface area contributed by atoms with Gasteiger partial charge in [0.2, 0.25) is 0 Å². The van der Waals surface area contributed by atoms with E-state index in [1.807, 2.05) is 21.0 Å². The van der Waals surface area contributed by atoms with Gasteiger partial charge in [0.05, 0.1) is 11.3 Å². The molecule has 0 aliphatic carbocycles. The molecular weight excluding hydrogens is 262 g/mol. The fraction of sp³-hybridized carbons (Fsp3) is 0.786. The maximum atomic E-state index is 6.33. The maximum absolute atomic E-state index is 6.33. The normalized spacial score (nSPS) is 25.5. The summed E-state index contributed by atoms with van der Waals surface area (Å²) in [6, 6.07) is 0.258. The van der Waals surface area contributed by atoms with Gasteiger partial charge in [0, 0.05) is 25.3 Å². The first-order chi connectivity index (χ1) is 8.98. The van der Waals surface area contributed by atoms with Crippen LogP contribution >= 0.6 is 11.6 Å². The Bertz CT molecular complexity index is 438. The van der Waals surface area contributed by atoms with Crippen LogP contribution in [0.25, 0.3) is 0 Å². The first-order valence-corrected chi connectivity index (χ1v) is 7.35. The molecule has 4 nitrogen and oxygen atoms in total. The highest BCUT2D eigenvalue weighted by atomic mass is 35.5. The summed E-state index contributed by atoms with van der Waals surface area (Å²) in [4.78, 5) is 0. The van der Waals surface area contributed by atoms with E-state index in [4.69, 9.17) is 16.3 Å². The molecule has 0 saturated carbocycles. The Hall–Kier alpha value is -0.580. The van der Waals surface area contributed by atoms with Gasteiger partial charge >= 0.3 is 0 Å². The van der Waals surface area contributed by atoms with Gasteiger partial charge < -0.3 is 10.1 Å². The monoisotopic (exact) mass is 285 g/mol. The van der Waals surface area contributed by atoms with Crippen LogP contribution in [0.3, 0.4) is 0 Å². The van der Waals surface area contributed by atoms with E-state index in [9.17, 15) is 0 Å². The molecule has 2 atom stereocenters. The van der Waals surface area contributed by atoms with Gasteiger partial charge in [-0.2, -0.15) is 5.10 Å². The number of likely N-dealkylation sites (N-methyl/N-ethyl adjacent to an activating group) is 1. The molecule has 1 aliphatic rings. The molecule has 108 valence electrons. The number of ether oxygens (including phenoxy) is 1. The lowest BCUT2D eigenvalue weighted by molar-refractivity contribution is -0.0870. The minimum absolute atomic E-state index is 0.112. The number of rotatable bonds is 4. The lowest BCUT2D eigenvalue weighted by atomic mass is 9.85. The number of hydrogen-bond donors (Lipinski definition) is 1. The second kappa shape index (κ2) is 5.81. The predicted octanol–water partition coefficient (Wildman–Crippen LogP) is 2.47. The molecule has 0 amide bonds. The van der Waals surface area contributed by atoms with Gasteiger partial charge in [0.25, 0.3) is 0 Å². The van der Waals surface area contributed by atoms with Crippen LogP contribution in [-0.2, 0) is 18.2 Å². The predicted molar refractivity (Wildman–Crippen MR) is 77.7 cm³/mol. The topological polar surface area (TPSA) is 39.1 Å². The summed E-state index contributed by atoms with van der Waals surface area (Å²) in [6.07, 6.45) is 4.34. The lowest BCUT2D eigenvalue weighted by Crippen LogP contribution is -2.52. The first kappa shape index (κ1) is 14.8. The molecular formula is C14H24ClN3O. The Morgan fingerprint density at radius 2 is 2.26 bits per heavy atom. The van der Waals surface area contributed by atoms with Crippen LogP contribution < -0.4 is 5.32 Å². The van der Waals surface area contributed by atoms with Crippen molar-refractivity contribution in [2.45, 2.75) is 51.2 Å². The molecule has 1 N–H and O–H groups in total. The molecule has 19 heavy (non-hydrogen) atoms. The third kappa shape index (κ3) is 2.96. The highest BCUT2D eigenvalue weighted by Crippen LogP contribution is 2.31. The SMILES string of the molecule is CNC(Cc1c(C)nn(C)c1Cl)C1(C)CCCCO1. The van der Waals surface area contributed by atoms with Gasteiger partial charge in [0.15, 0.2) is 0 Å². The van der Waals surface area contributed by atoms with E-state index in [-0.39, 0.29) is 11.6 Å². The van der Waals surface area contributed by atoms with Crippen molar-refractivity contribution in [1.29, 1.82) is 0 Å². The quantitative estimate of drug-likeness (QED) is 0.924. The zero-order chi connectivity index (χ0) is 14.0. The summed E-state index contributed by atoms with van der Waals surface area (Å²) in [5, 5.41) is 8.52. The summed E-state index contributed by atoms with van der Waals surface area (Å²) in [6.45, 7) is 5.07. The van der Waals surface area contributed by atoms with Crippen molar-refractivity contribution >= 4 is 11.6 Å². The Morgan fingerprint density at radius 3 is 2.74 bits per heavy atom. The third-order valence-electron chi connectivity index (χ3n) is 4.26. The summed E-state index contributed by atoms with van der Waals surface area (Å²) in [5.74, 6) is 0. The number of halogens is 1. The molecule has 1 fully saturated rings. The minimum atomic E-state index is -0.112. The fourth-order valence-electron chi connectivity index (χ4n) is 2.96. The molecule has 1 aromatic heterocycles. The highest BCUT2D eigenvalue weighted by Gasteiger charge is 2.36. The van der Waals surface area contributed by atoms with Crippen molar-refractivity contribution in [3.05, 3.63) is 16.4 Å². The molecule has 1 aromatic rings. The van der Waals surface area contributed by atoms with Crippen molar-refractivity contribution in [3.63, 3.8) is 0 Å². The van der Waals surface area contributed by atoms with E-state index in [1.54, 1.807) is 4.68 Å². The van der Waals surface area contributed by atoms with Crippen LogP contribution in [0.2, 0.25) is 5.15 Å². The maximum Gasteiger partial charge on any atom is 0.130 e. The number of hydrogen-bond acceptors (Lipinski definition) is 3.